The van der Waals surface area contributed by atoms with Crippen LogP contribution in [0.15, 0.2) is 28.9 Å². The van der Waals surface area contributed by atoms with Crippen molar-refractivity contribution in [1.29, 1.82) is 0 Å². The lowest BCUT2D eigenvalue weighted by atomic mass is 10.2. The molecular weight excluding hydrogens is 325 g/mol. The monoisotopic (exact) mass is 342 g/mol. The first-order valence-electron chi connectivity index (χ1n) is 7.38. The molecule has 1 saturated heterocycles. The molecule has 0 radical (unpaired) electrons. The van der Waals surface area contributed by atoms with Crippen LogP contribution in [0.5, 0.6) is 0 Å². The first-order valence-corrected chi connectivity index (χ1v) is 7.38. The number of anilines is 2. The van der Waals surface area contributed by atoms with E-state index in [9.17, 15) is 13.2 Å². The number of hydrogen-bond acceptors (Lipinski definition) is 6. The maximum absolute atomic E-state index is 13.1. The van der Waals surface area contributed by atoms with Crippen LogP contribution in [0.1, 0.15) is 17.6 Å². The summed E-state index contributed by atoms with van der Waals surface area (Å²) in [6.45, 7) is 1.08. The molecule has 3 heterocycles. The van der Waals surface area contributed by atoms with Gasteiger partial charge in [0.2, 0.25) is 5.95 Å². The number of hydrogen-bond donors (Lipinski definition) is 0. The molecule has 0 aromatic carbocycles. The normalized spacial score (nSPS) is 18.7. The van der Waals surface area contributed by atoms with E-state index in [-0.39, 0.29) is 17.9 Å². The van der Waals surface area contributed by atoms with E-state index in [1.807, 2.05) is 0 Å². The maximum atomic E-state index is 13.1. The van der Waals surface area contributed by atoms with Crippen LogP contribution < -0.4 is 9.80 Å². The molecule has 1 aliphatic rings. The van der Waals surface area contributed by atoms with Gasteiger partial charge in [0.15, 0.2) is 5.69 Å². The second-order valence-corrected chi connectivity index (χ2v) is 5.62. The van der Waals surface area contributed by atoms with E-state index in [0.29, 0.717) is 25.5 Å². The molecule has 0 spiro atoms. The van der Waals surface area contributed by atoms with E-state index < -0.39 is 11.9 Å². The van der Waals surface area contributed by atoms with Crippen LogP contribution in [-0.2, 0) is 10.9 Å². The summed E-state index contributed by atoms with van der Waals surface area (Å²) in [7, 11) is 3.27. The van der Waals surface area contributed by atoms with Gasteiger partial charge in [-0.1, -0.05) is 0 Å². The van der Waals surface area contributed by atoms with Crippen LogP contribution in [0.25, 0.3) is 0 Å². The molecule has 0 N–H and O–H groups in total. The Labute approximate surface area is 136 Å². The summed E-state index contributed by atoms with van der Waals surface area (Å²) in [5, 5.41) is 0. The van der Waals surface area contributed by atoms with Crippen molar-refractivity contribution in [3.63, 3.8) is 0 Å². The largest absolute Gasteiger partial charge is 0.467 e. The molecule has 0 aliphatic carbocycles. The fourth-order valence-corrected chi connectivity index (χ4v) is 2.42. The molecule has 1 aliphatic heterocycles. The molecule has 130 valence electrons. The smallest absolute Gasteiger partial charge is 0.433 e. The molecule has 1 fully saturated rings. The van der Waals surface area contributed by atoms with E-state index in [2.05, 4.69) is 9.97 Å². The van der Waals surface area contributed by atoms with E-state index in [0.717, 1.165) is 6.07 Å². The van der Waals surface area contributed by atoms with Gasteiger partial charge >= 0.3 is 6.18 Å². The van der Waals surface area contributed by atoms with Crippen molar-refractivity contribution in [3.8, 4) is 0 Å². The number of rotatable bonds is 3. The standard InChI is InChI=1S/C15H17F3N4O2/c1-21(2)13-8-12(15(16,17)18)19-14(20-13)22-5-7-24-11(9-22)10-4-3-6-23-10/h3-4,6,8,11H,5,7,9H2,1-2H3. The molecule has 3 rings (SSSR count). The van der Waals surface area contributed by atoms with Gasteiger partial charge in [0.25, 0.3) is 0 Å². The molecule has 2 aromatic rings. The summed E-state index contributed by atoms with van der Waals surface area (Å²) in [6.07, 6.45) is -3.37. The minimum absolute atomic E-state index is 0.0355. The predicted molar refractivity (Wildman–Crippen MR) is 81.0 cm³/mol. The zero-order valence-electron chi connectivity index (χ0n) is 13.2. The number of ether oxygens (including phenoxy) is 1. The van der Waals surface area contributed by atoms with Crippen molar-refractivity contribution in [3.05, 3.63) is 35.9 Å². The van der Waals surface area contributed by atoms with Gasteiger partial charge in [-0.25, -0.2) is 4.98 Å². The number of furan rings is 1. The molecule has 2 aromatic heterocycles. The second-order valence-electron chi connectivity index (χ2n) is 5.62. The number of halogens is 3. The molecule has 0 saturated carbocycles. The fourth-order valence-electron chi connectivity index (χ4n) is 2.42. The topological polar surface area (TPSA) is 54.6 Å². The lowest BCUT2D eigenvalue weighted by Crippen LogP contribution is -2.39. The lowest BCUT2D eigenvalue weighted by Gasteiger charge is -2.32. The van der Waals surface area contributed by atoms with E-state index in [1.54, 1.807) is 31.1 Å². The highest BCUT2D eigenvalue weighted by Gasteiger charge is 2.35. The van der Waals surface area contributed by atoms with Crippen molar-refractivity contribution in [1.82, 2.24) is 9.97 Å². The summed E-state index contributed by atoms with van der Waals surface area (Å²) in [4.78, 5) is 11.1. The van der Waals surface area contributed by atoms with Crippen molar-refractivity contribution in [2.75, 3.05) is 43.6 Å². The minimum atomic E-state index is -4.53. The van der Waals surface area contributed by atoms with Crippen molar-refractivity contribution in [2.45, 2.75) is 12.3 Å². The van der Waals surface area contributed by atoms with Gasteiger partial charge in [0.1, 0.15) is 17.7 Å². The van der Waals surface area contributed by atoms with Crippen LogP contribution in [0, 0.1) is 0 Å². The summed E-state index contributed by atoms with van der Waals surface area (Å²) < 4.78 is 50.3. The molecule has 1 unspecified atom stereocenters. The number of alkyl halides is 3. The molecule has 1 atom stereocenters. The van der Waals surface area contributed by atoms with Crippen LogP contribution in [0.2, 0.25) is 0 Å². The van der Waals surface area contributed by atoms with Gasteiger partial charge < -0.3 is 19.0 Å². The average molecular weight is 342 g/mol. The van der Waals surface area contributed by atoms with Crippen LogP contribution >= 0.6 is 0 Å². The zero-order valence-corrected chi connectivity index (χ0v) is 13.2. The third-order valence-corrected chi connectivity index (χ3v) is 3.66. The molecule has 0 amide bonds. The van der Waals surface area contributed by atoms with E-state index >= 15 is 0 Å². The third-order valence-electron chi connectivity index (χ3n) is 3.66. The second kappa shape index (κ2) is 6.31. The number of aromatic nitrogens is 2. The Morgan fingerprint density at radius 2 is 2.08 bits per heavy atom. The minimum Gasteiger partial charge on any atom is -0.467 e. The molecule has 0 bridgehead atoms. The van der Waals surface area contributed by atoms with Gasteiger partial charge in [-0.2, -0.15) is 18.2 Å². The van der Waals surface area contributed by atoms with E-state index in [1.165, 1.54) is 11.2 Å². The molecule has 24 heavy (non-hydrogen) atoms. The maximum Gasteiger partial charge on any atom is 0.433 e. The van der Waals surface area contributed by atoms with E-state index in [4.69, 9.17) is 9.15 Å². The highest BCUT2D eigenvalue weighted by Crippen LogP contribution is 2.32. The lowest BCUT2D eigenvalue weighted by molar-refractivity contribution is -0.141. The summed E-state index contributed by atoms with van der Waals surface area (Å²) in [6, 6.07) is 4.45. The number of morpholine rings is 1. The van der Waals surface area contributed by atoms with Crippen LogP contribution in [-0.4, -0.2) is 43.8 Å². The summed E-state index contributed by atoms with van der Waals surface area (Å²) in [5.41, 5.74) is -0.961. The molecular formula is C15H17F3N4O2. The third kappa shape index (κ3) is 3.45. The molecule has 9 heteroatoms. The Bertz CT molecular complexity index is 689. The van der Waals surface area contributed by atoms with Crippen molar-refractivity contribution >= 4 is 11.8 Å². The van der Waals surface area contributed by atoms with Gasteiger partial charge in [0.05, 0.1) is 19.4 Å². The quantitative estimate of drug-likeness (QED) is 0.855. The first-order chi connectivity index (χ1) is 11.3. The number of nitrogens with zero attached hydrogens (tertiary/aromatic N) is 4. The van der Waals surface area contributed by atoms with Crippen LogP contribution in [0.4, 0.5) is 24.9 Å². The van der Waals surface area contributed by atoms with Gasteiger partial charge in [-0.05, 0) is 12.1 Å². The van der Waals surface area contributed by atoms with Gasteiger partial charge in [0, 0.05) is 26.7 Å². The van der Waals surface area contributed by atoms with Gasteiger partial charge in [-0.3, -0.25) is 0 Å². The highest BCUT2D eigenvalue weighted by atomic mass is 19.4. The van der Waals surface area contributed by atoms with Crippen molar-refractivity contribution in [2.24, 2.45) is 0 Å². The van der Waals surface area contributed by atoms with Gasteiger partial charge in [-0.15, -0.1) is 0 Å². The Morgan fingerprint density at radius 1 is 1.29 bits per heavy atom. The molecule has 6 nitrogen and oxygen atoms in total. The predicted octanol–water partition coefficient (Wildman–Crippen LogP) is 2.73. The fraction of sp³-hybridized carbons (Fsp3) is 0.467. The van der Waals surface area contributed by atoms with Crippen LogP contribution in [0.3, 0.4) is 0 Å². The summed E-state index contributed by atoms with van der Waals surface area (Å²) >= 11 is 0. The zero-order chi connectivity index (χ0) is 17.3. The Kier molecular flexibility index (Phi) is 4.35. The highest BCUT2D eigenvalue weighted by molar-refractivity contribution is 5.46. The SMILES string of the molecule is CN(C)c1cc(C(F)(F)F)nc(N2CCOC(c3ccco3)C2)n1. The van der Waals surface area contributed by atoms with Crippen molar-refractivity contribution < 1.29 is 22.3 Å². The Morgan fingerprint density at radius 3 is 2.71 bits per heavy atom. The average Bonchev–Trinajstić information content (AvgIpc) is 3.08. The summed E-state index contributed by atoms with van der Waals surface area (Å²) in [5.74, 6) is 0.862. The first kappa shape index (κ1) is 16.6. The Balaban J connectivity index is 1.91. The Hall–Kier alpha value is -2.29.